The van der Waals surface area contributed by atoms with Gasteiger partial charge < -0.3 is 4.74 Å². The number of carbonyl (C=O) groups is 2. The third-order valence-corrected chi connectivity index (χ3v) is 7.55. The van der Waals surface area contributed by atoms with Crippen molar-refractivity contribution in [3.05, 3.63) is 50.6 Å². The number of rotatable bonds is 7. The highest BCUT2D eigenvalue weighted by atomic mass is 32.2. The Kier molecular flexibility index (Phi) is 6.66. The molecule has 0 saturated carbocycles. The van der Waals surface area contributed by atoms with Gasteiger partial charge in [-0.2, -0.15) is 4.31 Å². The summed E-state index contributed by atoms with van der Waals surface area (Å²) >= 11 is 0.988. The predicted molar refractivity (Wildman–Crippen MR) is 108 cm³/mol. The molecule has 2 heterocycles. The van der Waals surface area contributed by atoms with Crippen molar-refractivity contribution in [3.8, 4) is 0 Å². The Bertz CT molecular complexity index is 1050. The first-order valence-electron chi connectivity index (χ1n) is 9.23. The van der Waals surface area contributed by atoms with Crippen molar-refractivity contribution >= 4 is 33.1 Å². The zero-order chi connectivity index (χ0) is 21.0. The lowest BCUT2D eigenvalue weighted by Gasteiger charge is -2.25. The zero-order valence-electron chi connectivity index (χ0n) is 16.0. The third kappa shape index (κ3) is 5.01. The van der Waals surface area contributed by atoms with Gasteiger partial charge in [-0.15, -0.1) is 0 Å². The average Bonchev–Trinajstić information content (AvgIpc) is 3.04. The predicted octanol–water partition coefficient (Wildman–Crippen LogP) is 1.82. The summed E-state index contributed by atoms with van der Waals surface area (Å²) in [6, 6.07) is 5.63. The number of hydrogen-bond acceptors (Lipinski definition) is 7. The number of aryl methyl sites for hydroxylation is 1. The van der Waals surface area contributed by atoms with E-state index in [9.17, 15) is 22.8 Å². The monoisotopic (exact) mass is 438 g/mol. The maximum Gasteiger partial charge on any atom is 0.326 e. The van der Waals surface area contributed by atoms with Gasteiger partial charge in [0.2, 0.25) is 10.0 Å². The summed E-state index contributed by atoms with van der Waals surface area (Å²) in [6.45, 7) is 1.98. The van der Waals surface area contributed by atoms with Crippen LogP contribution in [-0.2, 0) is 26.1 Å². The molecular formula is C19H22N2O6S2. The number of aromatic nitrogens is 1. The molecule has 1 aromatic heterocycles. The van der Waals surface area contributed by atoms with Gasteiger partial charge in [-0.25, -0.2) is 8.42 Å². The van der Waals surface area contributed by atoms with Crippen molar-refractivity contribution in [2.24, 2.45) is 0 Å². The summed E-state index contributed by atoms with van der Waals surface area (Å²) in [4.78, 5) is 35.6. The minimum absolute atomic E-state index is 0.139. The number of esters is 1. The van der Waals surface area contributed by atoms with Gasteiger partial charge in [0, 0.05) is 29.7 Å². The molecule has 0 unspecified atom stereocenters. The minimum Gasteiger partial charge on any atom is -0.456 e. The van der Waals surface area contributed by atoms with Crippen molar-refractivity contribution in [1.82, 2.24) is 8.87 Å². The lowest BCUT2D eigenvalue weighted by Crippen LogP contribution is -2.35. The van der Waals surface area contributed by atoms with Gasteiger partial charge in [0.05, 0.1) is 4.90 Å². The van der Waals surface area contributed by atoms with Crippen LogP contribution in [-0.4, -0.2) is 48.7 Å². The van der Waals surface area contributed by atoms with Crippen LogP contribution in [0.15, 0.2) is 39.3 Å². The van der Waals surface area contributed by atoms with Crippen LogP contribution in [0.2, 0.25) is 0 Å². The van der Waals surface area contributed by atoms with Crippen molar-refractivity contribution in [2.75, 3.05) is 19.7 Å². The van der Waals surface area contributed by atoms with Gasteiger partial charge in [-0.3, -0.25) is 19.0 Å². The van der Waals surface area contributed by atoms with Crippen LogP contribution in [0, 0.1) is 6.92 Å². The van der Waals surface area contributed by atoms with Crippen LogP contribution in [0.1, 0.15) is 35.3 Å². The van der Waals surface area contributed by atoms with E-state index in [1.165, 1.54) is 33.1 Å². The van der Waals surface area contributed by atoms with Crippen LogP contribution >= 0.6 is 11.3 Å². The molecule has 156 valence electrons. The summed E-state index contributed by atoms with van der Waals surface area (Å²) in [5.41, 5.74) is 0.896. The van der Waals surface area contributed by atoms with Crippen LogP contribution in [0.5, 0.6) is 0 Å². The molecule has 0 spiro atoms. The SMILES string of the molecule is Cc1csc(=O)n1CC(=O)OCC(=O)c1ccc(S(=O)(=O)N2CCCCC2)cc1. The van der Waals surface area contributed by atoms with E-state index in [0.29, 0.717) is 18.8 Å². The second-order valence-electron chi connectivity index (χ2n) is 6.80. The summed E-state index contributed by atoms with van der Waals surface area (Å²) in [6.07, 6.45) is 2.72. The van der Waals surface area contributed by atoms with Crippen LogP contribution in [0.3, 0.4) is 0 Å². The number of nitrogens with zero attached hydrogens (tertiary/aromatic N) is 2. The summed E-state index contributed by atoms with van der Waals surface area (Å²) in [5.74, 6) is -1.14. The fourth-order valence-corrected chi connectivity index (χ4v) is 5.32. The number of Topliss-reactive ketones (excluding diaryl/α,β-unsaturated/α-hetero) is 1. The van der Waals surface area contributed by atoms with Gasteiger partial charge in [0.1, 0.15) is 6.54 Å². The van der Waals surface area contributed by atoms with E-state index in [4.69, 9.17) is 4.74 Å². The molecule has 2 aromatic rings. The molecule has 0 bridgehead atoms. The number of carbonyl (C=O) groups excluding carboxylic acids is 2. The van der Waals surface area contributed by atoms with Gasteiger partial charge in [-0.05, 0) is 44.0 Å². The number of ketones is 1. The summed E-state index contributed by atoms with van der Waals surface area (Å²) < 4.78 is 33.0. The van der Waals surface area contributed by atoms with Crippen molar-refractivity contribution < 1.29 is 22.7 Å². The Morgan fingerprint density at radius 2 is 1.76 bits per heavy atom. The number of sulfonamides is 1. The number of hydrogen-bond donors (Lipinski definition) is 0. The van der Waals surface area contributed by atoms with Crippen LogP contribution in [0.4, 0.5) is 0 Å². The van der Waals surface area contributed by atoms with Gasteiger partial charge >= 0.3 is 10.8 Å². The van der Waals surface area contributed by atoms with Crippen molar-refractivity contribution in [1.29, 1.82) is 0 Å². The van der Waals surface area contributed by atoms with E-state index >= 15 is 0 Å². The molecule has 1 aliphatic rings. The largest absolute Gasteiger partial charge is 0.456 e. The summed E-state index contributed by atoms with van der Waals surface area (Å²) in [7, 11) is -3.56. The molecule has 1 aliphatic heterocycles. The molecule has 10 heteroatoms. The highest BCUT2D eigenvalue weighted by Crippen LogP contribution is 2.21. The summed E-state index contributed by atoms with van der Waals surface area (Å²) in [5, 5.41) is 1.64. The Balaban J connectivity index is 1.59. The number of piperidine rings is 1. The Morgan fingerprint density at radius 3 is 2.34 bits per heavy atom. The molecule has 1 fully saturated rings. The van der Waals surface area contributed by atoms with E-state index in [0.717, 1.165) is 30.6 Å². The maximum absolute atomic E-state index is 12.6. The van der Waals surface area contributed by atoms with E-state index in [1.54, 1.807) is 12.3 Å². The molecule has 0 aliphatic carbocycles. The smallest absolute Gasteiger partial charge is 0.326 e. The third-order valence-electron chi connectivity index (χ3n) is 4.76. The Hall–Kier alpha value is -2.30. The van der Waals surface area contributed by atoms with Crippen molar-refractivity contribution in [3.63, 3.8) is 0 Å². The highest BCUT2D eigenvalue weighted by Gasteiger charge is 2.26. The number of benzene rings is 1. The fourth-order valence-electron chi connectivity index (χ4n) is 3.07. The first kappa shape index (κ1) is 21.4. The molecule has 29 heavy (non-hydrogen) atoms. The molecule has 8 nitrogen and oxygen atoms in total. The molecule has 0 amide bonds. The minimum atomic E-state index is -3.56. The van der Waals surface area contributed by atoms with Gasteiger partial charge in [0.15, 0.2) is 12.4 Å². The van der Waals surface area contributed by atoms with Crippen LogP contribution in [0.25, 0.3) is 0 Å². The van der Waals surface area contributed by atoms with Gasteiger partial charge in [-0.1, -0.05) is 17.8 Å². The van der Waals surface area contributed by atoms with E-state index < -0.39 is 28.4 Å². The maximum atomic E-state index is 12.6. The standard InChI is InChI=1S/C19H22N2O6S2/c1-14-13-28-19(24)21(14)11-18(23)27-12-17(22)15-5-7-16(8-6-15)29(25,26)20-9-3-2-4-10-20/h5-8,13H,2-4,9-12H2,1H3. The molecule has 1 saturated heterocycles. The normalized spacial score (nSPS) is 15.2. The molecule has 0 radical (unpaired) electrons. The Morgan fingerprint density at radius 1 is 1.10 bits per heavy atom. The lowest BCUT2D eigenvalue weighted by molar-refractivity contribution is -0.143. The molecule has 1 aromatic carbocycles. The molecular weight excluding hydrogens is 416 g/mol. The van der Waals surface area contributed by atoms with Crippen LogP contribution < -0.4 is 4.87 Å². The molecule has 0 N–H and O–H groups in total. The van der Waals surface area contributed by atoms with E-state index in [-0.39, 0.29) is 21.9 Å². The highest BCUT2D eigenvalue weighted by molar-refractivity contribution is 7.89. The fraction of sp³-hybridized carbons (Fsp3) is 0.421. The first-order valence-corrected chi connectivity index (χ1v) is 11.5. The molecule has 0 atom stereocenters. The lowest BCUT2D eigenvalue weighted by atomic mass is 10.1. The quantitative estimate of drug-likeness (QED) is 0.483. The van der Waals surface area contributed by atoms with E-state index in [2.05, 4.69) is 0 Å². The average molecular weight is 439 g/mol. The second kappa shape index (κ2) is 9.02. The molecule has 3 rings (SSSR count). The van der Waals surface area contributed by atoms with E-state index in [1.807, 2.05) is 0 Å². The second-order valence-corrected chi connectivity index (χ2v) is 9.56. The number of thiazole rings is 1. The number of ether oxygens (including phenoxy) is 1. The zero-order valence-corrected chi connectivity index (χ0v) is 17.6. The first-order chi connectivity index (χ1) is 13.8. The van der Waals surface area contributed by atoms with Gasteiger partial charge in [0.25, 0.3) is 0 Å². The Labute approximate surface area is 172 Å². The topological polar surface area (TPSA) is 103 Å². The van der Waals surface area contributed by atoms with Crippen molar-refractivity contribution in [2.45, 2.75) is 37.6 Å².